The van der Waals surface area contributed by atoms with Gasteiger partial charge in [-0.1, -0.05) is 22.0 Å². The molecule has 0 atom stereocenters. The van der Waals surface area contributed by atoms with Crippen LogP contribution in [0, 0.1) is 13.8 Å². The van der Waals surface area contributed by atoms with Crippen LogP contribution >= 0.6 is 15.9 Å². The summed E-state index contributed by atoms with van der Waals surface area (Å²) in [6.07, 6.45) is 1.70. The van der Waals surface area contributed by atoms with Crippen molar-refractivity contribution in [3.8, 4) is 0 Å². The van der Waals surface area contributed by atoms with Crippen molar-refractivity contribution in [3.05, 3.63) is 58.3 Å². The van der Waals surface area contributed by atoms with Gasteiger partial charge in [0.25, 0.3) is 5.91 Å². The first-order valence-electron chi connectivity index (χ1n) is 6.77. The topological polar surface area (TPSA) is 66.9 Å². The van der Waals surface area contributed by atoms with E-state index in [-0.39, 0.29) is 5.91 Å². The first-order valence-corrected chi connectivity index (χ1v) is 7.57. The molecule has 1 aromatic heterocycles. The second-order valence-electron chi connectivity index (χ2n) is 4.81. The van der Waals surface area contributed by atoms with Crippen LogP contribution in [0.15, 0.2) is 41.4 Å². The Morgan fingerprint density at radius 2 is 2.09 bits per heavy atom. The van der Waals surface area contributed by atoms with E-state index in [4.69, 9.17) is 0 Å². The zero-order chi connectivity index (χ0) is 16.1. The molecule has 0 spiro atoms. The summed E-state index contributed by atoms with van der Waals surface area (Å²) in [5, 5.41) is 5.82. The molecule has 2 N–H and O–H groups in total. The monoisotopic (exact) mass is 360 g/mol. The molecule has 0 aliphatic heterocycles. The summed E-state index contributed by atoms with van der Waals surface area (Å²) >= 11 is 3.43. The van der Waals surface area contributed by atoms with Crippen LogP contribution in [0.1, 0.15) is 21.7 Å². The number of nitrogens with zero attached hydrogens (tertiary/aromatic N) is 2. The van der Waals surface area contributed by atoms with E-state index in [2.05, 4.69) is 43.1 Å². The van der Waals surface area contributed by atoms with Gasteiger partial charge in [-0.2, -0.15) is 0 Å². The van der Waals surface area contributed by atoms with E-state index in [1.807, 2.05) is 32.0 Å². The first-order chi connectivity index (χ1) is 10.5. The minimum Gasteiger partial charge on any atom is -0.351 e. The number of carbonyl (C=O) groups excluding carboxylic acids is 1. The molecule has 114 valence electrons. The highest BCUT2D eigenvalue weighted by Crippen LogP contribution is 2.20. The third-order valence-electron chi connectivity index (χ3n) is 2.91. The molecule has 0 aliphatic rings. The first kappa shape index (κ1) is 16.2. The smallest absolute Gasteiger partial charge is 0.274 e. The third kappa shape index (κ3) is 4.14. The molecule has 0 unspecified atom stereocenters. The summed E-state index contributed by atoms with van der Waals surface area (Å²) in [6, 6.07) is 7.28. The summed E-state index contributed by atoms with van der Waals surface area (Å²) in [5.41, 5.74) is 2.81. The average molecular weight is 361 g/mol. The minimum atomic E-state index is -0.270. The van der Waals surface area contributed by atoms with Crippen LogP contribution < -0.4 is 10.6 Å². The van der Waals surface area contributed by atoms with Crippen LogP contribution in [0.4, 0.5) is 11.6 Å². The average Bonchev–Trinajstić information content (AvgIpc) is 2.48. The van der Waals surface area contributed by atoms with Crippen LogP contribution in [0.25, 0.3) is 0 Å². The van der Waals surface area contributed by atoms with Gasteiger partial charge in [0.2, 0.25) is 5.95 Å². The zero-order valence-corrected chi connectivity index (χ0v) is 14.1. The van der Waals surface area contributed by atoms with Gasteiger partial charge in [0.05, 0.1) is 0 Å². The normalized spacial score (nSPS) is 10.1. The summed E-state index contributed by atoms with van der Waals surface area (Å²) in [5.74, 6) is 0.144. The van der Waals surface area contributed by atoms with E-state index >= 15 is 0 Å². The summed E-state index contributed by atoms with van der Waals surface area (Å²) in [6.45, 7) is 7.95. The van der Waals surface area contributed by atoms with Crippen molar-refractivity contribution < 1.29 is 4.79 Å². The molecule has 2 aromatic rings. The molecular weight excluding hydrogens is 344 g/mol. The van der Waals surface area contributed by atoms with Crippen molar-refractivity contribution in [2.45, 2.75) is 13.8 Å². The Bertz CT molecular complexity index is 715. The van der Waals surface area contributed by atoms with Crippen LogP contribution in [0.3, 0.4) is 0 Å². The molecule has 6 heteroatoms. The number of hydrogen-bond donors (Lipinski definition) is 2. The SMILES string of the molecule is C=CCNc1nc(C)cc(C(=O)Nc2ccc(Br)c(C)c2)n1. The fourth-order valence-electron chi connectivity index (χ4n) is 1.84. The molecule has 0 saturated carbocycles. The maximum Gasteiger partial charge on any atom is 0.274 e. The number of benzene rings is 1. The molecule has 22 heavy (non-hydrogen) atoms. The number of aryl methyl sites for hydroxylation is 2. The lowest BCUT2D eigenvalue weighted by Gasteiger charge is -2.09. The lowest BCUT2D eigenvalue weighted by atomic mass is 10.2. The Labute approximate surface area is 138 Å². The lowest BCUT2D eigenvalue weighted by Crippen LogP contribution is -2.16. The largest absolute Gasteiger partial charge is 0.351 e. The highest BCUT2D eigenvalue weighted by Gasteiger charge is 2.11. The predicted octanol–water partition coefficient (Wildman–Crippen LogP) is 3.71. The number of aromatic nitrogens is 2. The number of rotatable bonds is 5. The van der Waals surface area contributed by atoms with Gasteiger partial charge in [-0.25, -0.2) is 9.97 Å². The molecule has 1 amide bonds. The van der Waals surface area contributed by atoms with Crippen molar-refractivity contribution in [1.29, 1.82) is 0 Å². The number of anilines is 2. The van der Waals surface area contributed by atoms with Gasteiger partial charge in [-0.05, 0) is 43.7 Å². The van der Waals surface area contributed by atoms with Gasteiger partial charge in [-0.3, -0.25) is 4.79 Å². The highest BCUT2D eigenvalue weighted by molar-refractivity contribution is 9.10. The number of carbonyl (C=O) groups is 1. The van der Waals surface area contributed by atoms with Crippen LogP contribution in [-0.4, -0.2) is 22.4 Å². The molecule has 0 fully saturated rings. The second-order valence-corrected chi connectivity index (χ2v) is 5.66. The van der Waals surface area contributed by atoms with E-state index in [1.54, 1.807) is 12.1 Å². The molecule has 0 saturated heterocycles. The van der Waals surface area contributed by atoms with E-state index in [1.165, 1.54) is 0 Å². The van der Waals surface area contributed by atoms with Crippen LogP contribution in [0.5, 0.6) is 0 Å². The molecule has 0 aliphatic carbocycles. The van der Waals surface area contributed by atoms with Gasteiger partial charge in [0, 0.05) is 22.4 Å². The standard InChI is InChI=1S/C16H17BrN4O/c1-4-7-18-16-19-11(3)9-14(21-16)15(22)20-12-5-6-13(17)10(2)8-12/h4-6,8-9H,1,7H2,2-3H3,(H,20,22)(H,18,19,21). The Morgan fingerprint density at radius 1 is 1.32 bits per heavy atom. The van der Waals surface area contributed by atoms with Gasteiger partial charge >= 0.3 is 0 Å². The van der Waals surface area contributed by atoms with Crippen molar-refractivity contribution in [3.63, 3.8) is 0 Å². The Morgan fingerprint density at radius 3 is 2.77 bits per heavy atom. The predicted molar refractivity (Wildman–Crippen MR) is 92.3 cm³/mol. The zero-order valence-electron chi connectivity index (χ0n) is 12.5. The van der Waals surface area contributed by atoms with E-state index in [9.17, 15) is 4.79 Å². The van der Waals surface area contributed by atoms with E-state index in [0.29, 0.717) is 18.2 Å². The molecule has 2 rings (SSSR count). The van der Waals surface area contributed by atoms with Crippen LogP contribution in [-0.2, 0) is 0 Å². The van der Waals surface area contributed by atoms with E-state index in [0.717, 1.165) is 21.4 Å². The van der Waals surface area contributed by atoms with E-state index < -0.39 is 0 Å². The molecule has 0 radical (unpaired) electrons. The fourth-order valence-corrected chi connectivity index (χ4v) is 2.09. The number of amides is 1. The van der Waals surface area contributed by atoms with Crippen molar-refractivity contribution in [2.24, 2.45) is 0 Å². The lowest BCUT2D eigenvalue weighted by molar-refractivity contribution is 0.102. The fraction of sp³-hybridized carbons (Fsp3) is 0.188. The molecule has 1 aromatic carbocycles. The Kier molecular flexibility index (Phi) is 5.27. The molecular formula is C16H17BrN4O. The molecule has 1 heterocycles. The summed E-state index contributed by atoms with van der Waals surface area (Å²) in [4.78, 5) is 20.8. The highest BCUT2D eigenvalue weighted by atomic mass is 79.9. The van der Waals surface area contributed by atoms with Crippen molar-refractivity contribution in [2.75, 3.05) is 17.2 Å². The van der Waals surface area contributed by atoms with Gasteiger partial charge < -0.3 is 10.6 Å². The minimum absolute atomic E-state index is 0.270. The Balaban J connectivity index is 2.19. The van der Waals surface area contributed by atoms with Gasteiger partial charge in [0.15, 0.2) is 0 Å². The third-order valence-corrected chi connectivity index (χ3v) is 3.80. The van der Waals surface area contributed by atoms with Crippen LogP contribution in [0.2, 0.25) is 0 Å². The molecule has 0 bridgehead atoms. The Hall–Kier alpha value is -2.21. The maximum atomic E-state index is 12.3. The summed E-state index contributed by atoms with van der Waals surface area (Å²) < 4.78 is 0.999. The number of nitrogens with one attached hydrogen (secondary N) is 2. The summed E-state index contributed by atoms with van der Waals surface area (Å²) in [7, 11) is 0. The van der Waals surface area contributed by atoms with Gasteiger partial charge in [-0.15, -0.1) is 6.58 Å². The van der Waals surface area contributed by atoms with Crippen molar-refractivity contribution in [1.82, 2.24) is 9.97 Å². The van der Waals surface area contributed by atoms with Gasteiger partial charge in [0.1, 0.15) is 5.69 Å². The number of halogens is 1. The second kappa shape index (κ2) is 7.17. The maximum absolute atomic E-state index is 12.3. The number of hydrogen-bond acceptors (Lipinski definition) is 4. The quantitative estimate of drug-likeness (QED) is 0.797. The molecule has 5 nitrogen and oxygen atoms in total. The van der Waals surface area contributed by atoms with Crippen molar-refractivity contribution >= 4 is 33.5 Å².